The minimum atomic E-state index is 0.155. The highest BCUT2D eigenvalue weighted by Crippen LogP contribution is 2.29. The minimum absolute atomic E-state index is 0.155. The Morgan fingerprint density at radius 3 is 2.50 bits per heavy atom. The van der Waals surface area contributed by atoms with Crippen LogP contribution in [0.2, 0.25) is 0 Å². The Balaban J connectivity index is 2.55. The zero-order chi connectivity index (χ0) is 12.3. The van der Waals surface area contributed by atoms with Crippen LogP contribution in [0.3, 0.4) is 0 Å². The van der Waals surface area contributed by atoms with Crippen LogP contribution in [0.1, 0.15) is 27.2 Å². The lowest BCUT2D eigenvalue weighted by Crippen LogP contribution is -2.39. The molecule has 1 N–H and O–H groups in total. The average Bonchev–Trinajstić information content (AvgIpc) is 2.45. The lowest BCUT2D eigenvalue weighted by molar-refractivity contribution is 0.172. The summed E-state index contributed by atoms with van der Waals surface area (Å²) < 4.78 is 0. The monoisotopic (exact) mass is 227 g/mol. The lowest BCUT2D eigenvalue weighted by atomic mass is 9.86. The Morgan fingerprint density at radius 1 is 1.44 bits per heavy atom. The third-order valence-electron chi connectivity index (χ3n) is 3.29. The molecule has 4 nitrogen and oxygen atoms in total. The molecule has 0 aromatic heterocycles. The summed E-state index contributed by atoms with van der Waals surface area (Å²) in [4.78, 5) is 15.8. The van der Waals surface area contributed by atoms with Gasteiger partial charge in [-0.15, -0.1) is 0 Å². The quantitative estimate of drug-likeness (QED) is 0.736. The second-order valence-corrected chi connectivity index (χ2v) is 5.68. The first kappa shape index (κ1) is 13.3. The lowest BCUT2D eigenvalue weighted by Gasteiger charge is -2.30. The summed E-state index contributed by atoms with van der Waals surface area (Å²) in [6, 6.07) is 0.505. The van der Waals surface area contributed by atoms with Crippen LogP contribution in [-0.2, 0) is 0 Å². The molecule has 0 aromatic rings. The Hall–Kier alpha value is -0.770. The summed E-state index contributed by atoms with van der Waals surface area (Å²) in [5.41, 5.74) is 0.155. The maximum atomic E-state index is 12.0. The molecule has 4 heteroatoms. The zero-order valence-corrected chi connectivity index (χ0v) is 11.2. The number of rotatable bonds is 4. The third kappa shape index (κ3) is 2.88. The molecule has 1 rings (SSSR count). The molecule has 1 fully saturated rings. The van der Waals surface area contributed by atoms with Crippen molar-refractivity contribution in [2.45, 2.75) is 33.2 Å². The molecular formula is C12H25N3O. The summed E-state index contributed by atoms with van der Waals surface area (Å²) in [5, 5.41) is 3.11. The number of hydrogen-bond acceptors (Lipinski definition) is 2. The molecule has 0 spiro atoms. The molecule has 1 unspecified atom stereocenters. The second kappa shape index (κ2) is 5.04. The van der Waals surface area contributed by atoms with Gasteiger partial charge in [0.1, 0.15) is 0 Å². The van der Waals surface area contributed by atoms with Crippen LogP contribution in [0.5, 0.6) is 0 Å². The van der Waals surface area contributed by atoms with E-state index in [0.29, 0.717) is 6.04 Å². The number of hydrogen-bond donors (Lipinski definition) is 1. The Labute approximate surface area is 99.0 Å². The van der Waals surface area contributed by atoms with Crippen molar-refractivity contribution < 1.29 is 4.79 Å². The minimum Gasteiger partial charge on any atom is -0.323 e. The Kier molecular flexibility index (Phi) is 4.19. The van der Waals surface area contributed by atoms with Gasteiger partial charge in [-0.2, -0.15) is 0 Å². The zero-order valence-electron chi connectivity index (χ0n) is 11.2. The van der Waals surface area contributed by atoms with E-state index in [2.05, 4.69) is 26.1 Å². The molecule has 0 aromatic carbocycles. The van der Waals surface area contributed by atoms with Crippen molar-refractivity contribution in [2.24, 2.45) is 5.41 Å². The highest BCUT2D eigenvalue weighted by atomic mass is 16.2. The predicted octanol–water partition coefficient (Wildman–Crippen LogP) is 1.38. The number of amides is 2. The van der Waals surface area contributed by atoms with Crippen LogP contribution in [0.4, 0.5) is 4.79 Å². The van der Waals surface area contributed by atoms with Gasteiger partial charge in [0, 0.05) is 20.1 Å². The Morgan fingerprint density at radius 2 is 2.06 bits per heavy atom. The molecule has 1 heterocycles. The van der Waals surface area contributed by atoms with Gasteiger partial charge in [0.05, 0.1) is 6.04 Å². The van der Waals surface area contributed by atoms with Gasteiger partial charge in [-0.25, -0.2) is 4.79 Å². The van der Waals surface area contributed by atoms with Crippen LogP contribution in [0, 0.1) is 5.41 Å². The molecule has 1 atom stereocenters. The summed E-state index contributed by atoms with van der Waals surface area (Å²) in [7, 11) is 3.85. The smallest absolute Gasteiger partial charge is 0.320 e. The van der Waals surface area contributed by atoms with E-state index < -0.39 is 0 Å². The first-order chi connectivity index (χ1) is 7.38. The molecule has 1 aliphatic heterocycles. The van der Waals surface area contributed by atoms with E-state index >= 15 is 0 Å². The van der Waals surface area contributed by atoms with Crippen molar-refractivity contribution in [1.82, 2.24) is 15.1 Å². The number of nitrogens with zero attached hydrogens (tertiary/aromatic N) is 2. The number of nitrogens with one attached hydrogen (secondary N) is 1. The standard InChI is InChI=1S/C12H25N3O/c1-12(2,3)10-9-15(8-6-7-13-4)11(16)14(10)5/h10,13H,6-9H2,1-5H3. The summed E-state index contributed by atoms with van der Waals surface area (Å²) >= 11 is 0. The molecule has 94 valence electrons. The van der Waals surface area contributed by atoms with Crippen molar-refractivity contribution >= 4 is 6.03 Å². The molecule has 16 heavy (non-hydrogen) atoms. The van der Waals surface area contributed by atoms with Gasteiger partial charge < -0.3 is 15.1 Å². The van der Waals surface area contributed by atoms with Gasteiger partial charge in [0.2, 0.25) is 0 Å². The fourth-order valence-electron chi connectivity index (χ4n) is 2.25. The van der Waals surface area contributed by atoms with Gasteiger partial charge >= 0.3 is 6.03 Å². The van der Waals surface area contributed by atoms with Crippen molar-refractivity contribution in [3.8, 4) is 0 Å². The number of carbonyl (C=O) groups excluding carboxylic acids is 1. The number of likely N-dealkylation sites (N-methyl/N-ethyl adjacent to an activating group) is 1. The fourth-order valence-corrected chi connectivity index (χ4v) is 2.25. The average molecular weight is 227 g/mol. The summed E-state index contributed by atoms with van der Waals surface area (Å²) in [6.07, 6.45) is 1.02. The summed E-state index contributed by atoms with van der Waals surface area (Å²) in [6.45, 7) is 9.27. The molecule has 0 aliphatic carbocycles. The van der Waals surface area contributed by atoms with Crippen LogP contribution < -0.4 is 5.32 Å². The van der Waals surface area contributed by atoms with Crippen LogP contribution >= 0.6 is 0 Å². The van der Waals surface area contributed by atoms with Gasteiger partial charge in [-0.1, -0.05) is 20.8 Å². The van der Waals surface area contributed by atoms with E-state index in [1.165, 1.54) is 0 Å². The maximum Gasteiger partial charge on any atom is 0.320 e. The van der Waals surface area contributed by atoms with E-state index in [0.717, 1.165) is 26.1 Å². The van der Waals surface area contributed by atoms with Gasteiger partial charge in [0.25, 0.3) is 0 Å². The number of urea groups is 1. The Bertz CT molecular complexity index is 247. The van der Waals surface area contributed by atoms with Gasteiger partial charge in [-0.3, -0.25) is 0 Å². The fraction of sp³-hybridized carbons (Fsp3) is 0.917. The first-order valence-corrected chi connectivity index (χ1v) is 6.04. The highest BCUT2D eigenvalue weighted by molar-refractivity contribution is 5.77. The largest absolute Gasteiger partial charge is 0.323 e. The molecule has 1 saturated heterocycles. The highest BCUT2D eigenvalue weighted by Gasteiger charge is 2.40. The van der Waals surface area contributed by atoms with Crippen molar-refractivity contribution in [3.05, 3.63) is 0 Å². The second-order valence-electron chi connectivity index (χ2n) is 5.68. The van der Waals surface area contributed by atoms with E-state index in [9.17, 15) is 4.79 Å². The molecule has 0 saturated carbocycles. The SMILES string of the molecule is CNCCCN1CC(C(C)(C)C)N(C)C1=O. The molecule has 1 aliphatic rings. The molecule has 2 amide bonds. The van der Waals surface area contributed by atoms with Crippen molar-refractivity contribution in [3.63, 3.8) is 0 Å². The molecular weight excluding hydrogens is 202 g/mol. The van der Waals surface area contributed by atoms with Gasteiger partial charge in [-0.05, 0) is 25.4 Å². The summed E-state index contributed by atoms with van der Waals surface area (Å²) in [5.74, 6) is 0. The van der Waals surface area contributed by atoms with Crippen LogP contribution in [0.25, 0.3) is 0 Å². The van der Waals surface area contributed by atoms with Crippen LogP contribution in [0.15, 0.2) is 0 Å². The van der Waals surface area contributed by atoms with E-state index in [4.69, 9.17) is 0 Å². The molecule has 0 bridgehead atoms. The normalized spacial score (nSPS) is 22.1. The topological polar surface area (TPSA) is 35.6 Å². The molecule has 0 radical (unpaired) electrons. The van der Waals surface area contributed by atoms with E-state index in [1.54, 1.807) is 0 Å². The van der Waals surface area contributed by atoms with Crippen molar-refractivity contribution in [2.75, 3.05) is 33.7 Å². The maximum absolute atomic E-state index is 12.0. The van der Waals surface area contributed by atoms with Crippen molar-refractivity contribution in [1.29, 1.82) is 0 Å². The number of carbonyl (C=O) groups is 1. The van der Waals surface area contributed by atoms with E-state index in [-0.39, 0.29) is 11.4 Å². The van der Waals surface area contributed by atoms with Crippen LogP contribution in [-0.4, -0.2) is 55.6 Å². The first-order valence-electron chi connectivity index (χ1n) is 6.04. The third-order valence-corrected chi connectivity index (χ3v) is 3.29. The van der Waals surface area contributed by atoms with Gasteiger partial charge in [0.15, 0.2) is 0 Å². The van der Waals surface area contributed by atoms with E-state index in [1.807, 2.05) is 23.9 Å². The predicted molar refractivity (Wildman–Crippen MR) is 66.5 cm³/mol.